The third-order valence-corrected chi connectivity index (χ3v) is 2.88. The predicted molar refractivity (Wildman–Crippen MR) is 51.5 cm³/mol. The van der Waals surface area contributed by atoms with Crippen LogP contribution in [0, 0.1) is 0 Å². The maximum atomic E-state index is 10.8. The molecule has 0 N–H and O–H groups in total. The van der Waals surface area contributed by atoms with E-state index in [9.17, 15) is 4.79 Å². The molecule has 13 heavy (non-hydrogen) atoms. The molecule has 3 heteroatoms. The van der Waals surface area contributed by atoms with Crippen LogP contribution >= 0.6 is 0 Å². The molecule has 0 bridgehead atoms. The molecule has 0 aliphatic carbocycles. The quantitative estimate of drug-likeness (QED) is 0.579. The number of carbonyl (C=O) groups excluding carboxylic acids is 1. The van der Waals surface area contributed by atoms with E-state index in [1.54, 1.807) is 0 Å². The van der Waals surface area contributed by atoms with Crippen molar-refractivity contribution in [3.05, 3.63) is 0 Å². The van der Waals surface area contributed by atoms with Crippen LogP contribution < -0.4 is 0 Å². The van der Waals surface area contributed by atoms with Gasteiger partial charge in [0.1, 0.15) is 6.10 Å². The lowest BCUT2D eigenvalue weighted by atomic mass is 9.89. The first kappa shape index (κ1) is 10.5. The molecule has 3 nitrogen and oxygen atoms in total. The van der Waals surface area contributed by atoms with Crippen molar-refractivity contribution in [3.63, 3.8) is 0 Å². The Morgan fingerprint density at radius 1 is 1.54 bits per heavy atom. The summed E-state index contributed by atoms with van der Waals surface area (Å²) in [4.78, 5) is 13.1. The van der Waals surface area contributed by atoms with Crippen LogP contribution in [0.3, 0.4) is 0 Å². The van der Waals surface area contributed by atoms with E-state index in [4.69, 9.17) is 4.74 Å². The van der Waals surface area contributed by atoms with Gasteiger partial charge >= 0.3 is 5.97 Å². The van der Waals surface area contributed by atoms with Gasteiger partial charge in [0.05, 0.1) is 0 Å². The van der Waals surface area contributed by atoms with Crippen LogP contribution in [0.1, 0.15) is 33.6 Å². The standard InChI is InChI=1S/C10H19NO2/c1-8(12)13-9-5-6-11(4)10(2,3)7-9/h9H,5-7H2,1-4H3. The Kier molecular flexibility index (Phi) is 2.96. The lowest BCUT2D eigenvalue weighted by Gasteiger charge is -2.42. The molecule has 0 saturated carbocycles. The zero-order chi connectivity index (χ0) is 10.1. The van der Waals surface area contributed by atoms with Crippen LogP contribution in [0.25, 0.3) is 0 Å². The monoisotopic (exact) mass is 185 g/mol. The third kappa shape index (κ3) is 2.69. The first-order valence-electron chi connectivity index (χ1n) is 4.80. The van der Waals surface area contributed by atoms with Gasteiger partial charge in [-0.05, 0) is 27.3 Å². The van der Waals surface area contributed by atoms with Crippen molar-refractivity contribution in [2.75, 3.05) is 13.6 Å². The normalized spacial score (nSPS) is 28.5. The van der Waals surface area contributed by atoms with Gasteiger partial charge in [-0.2, -0.15) is 0 Å². The molecule has 1 saturated heterocycles. The highest BCUT2D eigenvalue weighted by Gasteiger charge is 2.33. The number of likely N-dealkylation sites (tertiary alicyclic amines) is 1. The Hall–Kier alpha value is -0.570. The summed E-state index contributed by atoms with van der Waals surface area (Å²) < 4.78 is 5.21. The van der Waals surface area contributed by atoms with Crippen LogP contribution in [0.15, 0.2) is 0 Å². The van der Waals surface area contributed by atoms with E-state index >= 15 is 0 Å². The molecule has 1 heterocycles. The second kappa shape index (κ2) is 3.66. The minimum atomic E-state index is -0.162. The van der Waals surface area contributed by atoms with E-state index in [0.29, 0.717) is 0 Å². The van der Waals surface area contributed by atoms with Gasteiger partial charge in [-0.1, -0.05) is 0 Å². The molecule has 1 rings (SSSR count). The maximum absolute atomic E-state index is 10.8. The summed E-state index contributed by atoms with van der Waals surface area (Å²) in [5, 5.41) is 0. The van der Waals surface area contributed by atoms with Gasteiger partial charge in [0, 0.05) is 25.4 Å². The first-order chi connectivity index (χ1) is 5.92. The molecule has 1 fully saturated rings. The maximum Gasteiger partial charge on any atom is 0.302 e. The Morgan fingerprint density at radius 3 is 2.62 bits per heavy atom. The SMILES string of the molecule is CC(=O)OC1CCN(C)C(C)(C)C1. The largest absolute Gasteiger partial charge is 0.462 e. The number of hydrogen-bond donors (Lipinski definition) is 0. The zero-order valence-electron chi connectivity index (χ0n) is 8.96. The number of nitrogens with zero attached hydrogens (tertiary/aromatic N) is 1. The molecule has 0 aromatic carbocycles. The van der Waals surface area contributed by atoms with Crippen LogP contribution in [0.5, 0.6) is 0 Å². The second-order valence-electron chi connectivity index (χ2n) is 4.46. The van der Waals surface area contributed by atoms with Crippen molar-refractivity contribution in [3.8, 4) is 0 Å². The molecule has 0 aromatic heterocycles. The van der Waals surface area contributed by atoms with E-state index in [1.807, 2.05) is 0 Å². The van der Waals surface area contributed by atoms with Crippen LogP contribution in [0.2, 0.25) is 0 Å². The van der Waals surface area contributed by atoms with Crippen molar-refractivity contribution < 1.29 is 9.53 Å². The summed E-state index contributed by atoms with van der Waals surface area (Å²) >= 11 is 0. The zero-order valence-corrected chi connectivity index (χ0v) is 8.96. The van der Waals surface area contributed by atoms with E-state index in [0.717, 1.165) is 19.4 Å². The first-order valence-corrected chi connectivity index (χ1v) is 4.80. The fourth-order valence-corrected chi connectivity index (χ4v) is 1.79. The van der Waals surface area contributed by atoms with Gasteiger partial charge in [0.25, 0.3) is 0 Å². The Bertz CT molecular complexity index is 201. The van der Waals surface area contributed by atoms with Crippen molar-refractivity contribution in [1.29, 1.82) is 0 Å². The minimum absolute atomic E-state index is 0.115. The molecule has 76 valence electrons. The Morgan fingerprint density at radius 2 is 2.15 bits per heavy atom. The van der Waals surface area contributed by atoms with Crippen molar-refractivity contribution in [2.45, 2.75) is 45.3 Å². The summed E-state index contributed by atoms with van der Waals surface area (Å²) in [6.45, 7) is 6.85. The topological polar surface area (TPSA) is 29.5 Å². The lowest BCUT2D eigenvalue weighted by Crippen LogP contribution is -2.49. The van der Waals surface area contributed by atoms with Gasteiger partial charge < -0.3 is 9.64 Å². The van der Waals surface area contributed by atoms with Crippen molar-refractivity contribution in [1.82, 2.24) is 4.90 Å². The molecule has 1 aliphatic heterocycles. The highest BCUT2D eigenvalue weighted by molar-refractivity contribution is 5.66. The predicted octanol–water partition coefficient (Wildman–Crippen LogP) is 1.42. The molecule has 1 aliphatic rings. The fourth-order valence-electron chi connectivity index (χ4n) is 1.79. The number of piperidine rings is 1. The molecular weight excluding hydrogens is 166 g/mol. The summed E-state index contributed by atoms with van der Waals surface area (Å²) in [6, 6.07) is 0. The average molecular weight is 185 g/mol. The molecule has 1 unspecified atom stereocenters. The number of ether oxygens (including phenoxy) is 1. The van der Waals surface area contributed by atoms with Crippen LogP contribution in [-0.4, -0.2) is 36.1 Å². The summed E-state index contributed by atoms with van der Waals surface area (Å²) in [5.74, 6) is -0.162. The minimum Gasteiger partial charge on any atom is -0.462 e. The van der Waals surface area contributed by atoms with E-state index in [1.165, 1.54) is 6.92 Å². The molecule has 0 amide bonds. The van der Waals surface area contributed by atoms with Gasteiger partial charge in [-0.15, -0.1) is 0 Å². The lowest BCUT2D eigenvalue weighted by molar-refractivity contribution is -0.150. The van der Waals surface area contributed by atoms with Gasteiger partial charge in [-0.3, -0.25) is 4.79 Å². The van der Waals surface area contributed by atoms with Crippen LogP contribution in [0.4, 0.5) is 0 Å². The Balaban J connectivity index is 2.50. The highest BCUT2D eigenvalue weighted by atomic mass is 16.5. The number of hydrogen-bond acceptors (Lipinski definition) is 3. The van der Waals surface area contributed by atoms with Crippen molar-refractivity contribution >= 4 is 5.97 Å². The summed E-state index contributed by atoms with van der Waals surface area (Å²) in [7, 11) is 2.12. The summed E-state index contributed by atoms with van der Waals surface area (Å²) in [6.07, 6.45) is 2.01. The van der Waals surface area contributed by atoms with Crippen molar-refractivity contribution in [2.24, 2.45) is 0 Å². The second-order valence-corrected chi connectivity index (χ2v) is 4.46. The summed E-state index contributed by atoms with van der Waals surface area (Å²) in [5.41, 5.74) is 0.151. The van der Waals surface area contributed by atoms with Gasteiger partial charge in [-0.25, -0.2) is 0 Å². The number of esters is 1. The van der Waals surface area contributed by atoms with E-state index in [-0.39, 0.29) is 17.6 Å². The highest BCUT2D eigenvalue weighted by Crippen LogP contribution is 2.27. The average Bonchev–Trinajstić information content (AvgIpc) is 1.95. The third-order valence-electron chi connectivity index (χ3n) is 2.88. The number of rotatable bonds is 1. The smallest absolute Gasteiger partial charge is 0.302 e. The molecule has 0 aromatic rings. The Labute approximate surface area is 80.1 Å². The van der Waals surface area contributed by atoms with Gasteiger partial charge in [0.2, 0.25) is 0 Å². The van der Waals surface area contributed by atoms with Crippen LogP contribution in [-0.2, 0) is 9.53 Å². The van der Waals surface area contributed by atoms with E-state index in [2.05, 4.69) is 25.8 Å². The molecule has 1 atom stereocenters. The fraction of sp³-hybridized carbons (Fsp3) is 0.900. The molecule has 0 radical (unpaired) electrons. The van der Waals surface area contributed by atoms with Gasteiger partial charge in [0.15, 0.2) is 0 Å². The number of carbonyl (C=O) groups is 1. The molecule has 0 spiro atoms. The molecular formula is C10H19NO2. The van der Waals surface area contributed by atoms with E-state index < -0.39 is 0 Å².